The Bertz CT molecular complexity index is 195. The van der Waals surface area contributed by atoms with Crippen molar-refractivity contribution >= 4 is 0 Å². The van der Waals surface area contributed by atoms with Crippen molar-refractivity contribution in [2.24, 2.45) is 17.8 Å². The van der Waals surface area contributed by atoms with Gasteiger partial charge in [-0.15, -0.1) is 0 Å². The van der Waals surface area contributed by atoms with E-state index in [-0.39, 0.29) is 0 Å². The lowest BCUT2D eigenvalue weighted by Gasteiger charge is -2.26. The van der Waals surface area contributed by atoms with E-state index in [1.165, 1.54) is 32.1 Å². The van der Waals surface area contributed by atoms with Gasteiger partial charge in [0.1, 0.15) is 0 Å². The molecule has 2 nitrogen and oxygen atoms in total. The van der Waals surface area contributed by atoms with E-state index in [0.717, 1.165) is 31.0 Å². The molecule has 2 fully saturated rings. The number of likely N-dealkylation sites (N-methyl/N-ethyl adjacent to an activating group) is 1. The summed E-state index contributed by atoms with van der Waals surface area (Å²) in [4.78, 5) is 0. The van der Waals surface area contributed by atoms with E-state index in [1.54, 1.807) is 0 Å². The van der Waals surface area contributed by atoms with Crippen LogP contribution in [0.1, 0.15) is 39.0 Å². The molecule has 2 aliphatic carbocycles. The highest BCUT2D eigenvalue weighted by atomic mass is 16.5. The zero-order chi connectivity index (χ0) is 10.7. The van der Waals surface area contributed by atoms with Crippen molar-refractivity contribution in [3.63, 3.8) is 0 Å². The van der Waals surface area contributed by atoms with Gasteiger partial charge in [-0.2, -0.15) is 0 Å². The number of nitrogens with one attached hydrogen (secondary N) is 1. The second-order valence-electron chi connectivity index (χ2n) is 5.32. The molecule has 0 aliphatic heterocycles. The average molecular weight is 211 g/mol. The number of ether oxygens (including phenoxy) is 1. The summed E-state index contributed by atoms with van der Waals surface area (Å²) in [6, 6.07) is 0.578. The van der Waals surface area contributed by atoms with Crippen LogP contribution in [-0.4, -0.2) is 26.3 Å². The van der Waals surface area contributed by atoms with Gasteiger partial charge in [0.25, 0.3) is 0 Å². The van der Waals surface area contributed by atoms with Crippen LogP contribution in [-0.2, 0) is 4.74 Å². The maximum Gasteiger partial charge on any atom is 0.0619 e. The van der Waals surface area contributed by atoms with Gasteiger partial charge in [0, 0.05) is 12.6 Å². The molecular formula is C13H25NO. The quantitative estimate of drug-likeness (QED) is 0.728. The van der Waals surface area contributed by atoms with Gasteiger partial charge in [-0.25, -0.2) is 0 Å². The summed E-state index contributed by atoms with van der Waals surface area (Å²) in [5.41, 5.74) is 0. The fraction of sp³-hybridized carbons (Fsp3) is 1.00. The minimum Gasteiger partial charge on any atom is -0.380 e. The fourth-order valence-corrected chi connectivity index (χ4v) is 3.56. The van der Waals surface area contributed by atoms with Crippen molar-refractivity contribution in [2.75, 3.05) is 20.3 Å². The lowest BCUT2D eigenvalue weighted by Crippen LogP contribution is -2.33. The lowest BCUT2D eigenvalue weighted by atomic mass is 9.84. The van der Waals surface area contributed by atoms with Crippen molar-refractivity contribution in [3.8, 4) is 0 Å². The SMILES string of the molecule is CCOCC(CC1CC2CCC1C2)NC. The van der Waals surface area contributed by atoms with Crippen LogP contribution in [0.4, 0.5) is 0 Å². The normalized spacial score (nSPS) is 36.0. The van der Waals surface area contributed by atoms with Crippen LogP contribution in [0.25, 0.3) is 0 Å². The van der Waals surface area contributed by atoms with E-state index in [9.17, 15) is 0 Å². The summed E-state index contributed by atoms with van der Waals surface area (Å²) in [5.74, 6) is 3.11. The summed E-state index contributed by atoms with van der Waals surface area (Å²) in [7, 11) is 2.07. The van der Waals surface area contributed by atoms with Crippen molar-refractivity contribution < 1.29 is 4.74 Å². The molecule has 0 saturated heterocycles. The molecule has 2 bridgehead atoms. The number of rotatable bonds is 6. The molecule has 4 atom stereocenters. The molecule has 15 heavy (non-hydrogen) atoms. The standard InChI is InChI=1S/C13H25NO/c1-3-15-9-13(14-2)8-12-7-10-4-5-11(12)6-10/h10-14H,3-9H2,1-2H3. The van der Waals surface area contributed by atoms with Gasteiger partial charge in [0.2, 0.25) is 0 Å². The van der Waals surface area contributed by atoms with Gasteiger partial charge < -0.3 is 10.1 Å². The van der Waals surface area contributed by atoms with Crippen molar-refractivity contribution in [1.82, 2.24) is 5.32 Å². The maximum atomic E-state index is 5.51. The molecule has 0 aromatic carbocycles. The molecule has 1 N–H and O–H groups in total. The third kappa shape index (κ3) is 2.73. The summed E-state index contributed by atoms with van der Waals surface area (Å²) in [6.07, 6.45) is 7.36. The van der Waals surface area contributed by atoms with Crippen molar-refractivity contribution in [3.05, 3.63) is 0 Å². The van der Waals surface area contributed by atoms with Crippen LogP contribution < -0.4 is 5.32 Å². The van der Waals surface area contributed by atoms with Crippen molar-refractivity contribution in [1.29, 1.82) is 0 Å². The number of fused-ring (bicyclic) bond motifs is 2. The predicted molar refractivity (Wildman–Crippen MR) is 62.9 cm³/mol. The molecule has 0 spiro atoms. The molecule has 0 amide bonds. The molecule has 0 aromatic rings. The van der Waals surface area contributed by atoms with Gasteiger partial charge >= 0.3 is 0 Å². The molecule has 2 rings (SSSR count). The van der Waals surface area contributed by atoms with Gasteiger partial charge in [-0.05, 0) is 57.4 Å². The third-order valence-corrected chi connectivity index (χ3v) is 4.40. The molecule has 0 aromatic heterocycles. The molecular weight excluding hydrogens is 186 g/mol. The summed E-state index contributed by atoms with van der Waals surface area (Å²) < 4.78 is 5.51. The largest absolute Gasteiger partial charge is 0.380 e. The molecule has 0 radical (unpaired) electrons. The van der Waals surface area contributed by atoms with E-state index < -0.39 is 0 Å². The topological polar surface area (TPSA) is 21.3 Å². The second-order valence-corrected chi connectivity index (χ2v) is 5.32. The molecule has 2 heteroatoms. The van der Waals surface area contributed by atoms with E-state index in [2.05, 4.69) is 19.3 Å². The first kappa shape index (κ1) is 11.4. The fourth-order valence-electron chi connectivity index (χ4n) is 3.56. The summed E-state index contributed by atoms with van der Waals surface area (Å²) in [6.45, 7) is 3.81. The van der Waals surface area contributed by atoms with E-state index in [0.29, 0.717) is 6.04 Å². The minimum atomic E-state index is 0.578. The van der Waals surface area contributed by atoms with Crippen molar-refractivity contribution in [2.45, 2.75) is 45.1 Å². The van der Waals surface area contributed by atoms with Gasteiger partial charge in [-0.1, -0.05) is 6.42 Å². The Hall–Kier alpha value is -0.0800. The second kappa shape index (κ2) is 5.31. The monoisotopic (exact) mass is 211 g/mol. The lowest BCUT2D eigenvalue weighted by molar-refractivity contribution is 0.111. The maximum absolute atomic E-state index is 5.51. The number of hydrogen-bond acceptors (Lipinski definition) is 2. The molecule has 2 aliphatic rings. The Morgan fingerprint density at radius 1 is 1.33 bits per heavy atom. The Balaban J connectivity index is 1.74. The highest BCUT2D eigenvalue weighted by Gasteiger charge is 2.39. The number of hydrogen-bond donors (Lipinski definition) is 1. The van der Waals surface area contributed by atoms with Gasteiger partial charge in [0.05, 0.1) is 6.61 Å². The molecule has 0 heterocycles. The molecule has 88 valence electrons. The zero-order valence-electron chi connectivity index (χ0n) is 10.2. The first-order valence-corrected chi connectivity index (χ1v) is 6.58. The van der Waals surface area contributed by atoms with E-state index in [4.69, 9.17) is 4.74 Å². The third-order valence-electron chi connectivity index (χ3n) is 4.40. The Morgan fingerprint density at radius 2 is 2.20 bits per heavy atom. The zero-order valence-corrected chi connectivity index (χ0v) is 10.2. The van der Waals surface area contributed by atoms with Gasteiger partial charge in [-0.3, -0.25) is 0 Å². The summed E-state index contributed by atoms with van der Waals surface area (Å²) in [5, 5.41) is 3.40. The summed E-state index contributed by atoms with van der Waals surface area (Å²) >= 11 is 0. The van der Waals surface area contributed by atoms with Crippen LogP contribution in [0, 0.1) is 17.8 Å². The van der Waals surface area contributed by atoms with E-state index >= 15 is 0 Å². The van der Waals surface area contributed by atoms with Gasteiger partial charge in [0.15, 0.2) is 0 Å². The first-order chi connectivity index (χ1) is 7.33. The smallest absolute Gasteiger partial charge is 0.0619 e. The van der Waals surface area contributed by atoms with Crippen LogP contribution in [0.15, 0.2) is 0 Å². The highest BCUT2D eigenvalue weighted by Crippen LogP contribution is 2.49. The highest BCUT2D eigenvalue weighted by molar-refractivity contribution is 4.91. The Morgan fingerprint density at radius 3 is 2.73 bits per heavy atom. The average Bonchev–Trinajstić information content (AvgIpc) is 2.85. The predicted octanol–water partition coefficient (Wildman–Crippen LogP) is 2.44. The Kier molecular flexibility index (Phi) is 4.04. The first-order valence-electron chi connectivity index (χ1n) is 6.58. The molecule has 4 unspecified atom stereocenters. The Labute approximate surface area is 93.8 Å². The van der Waals surface area contributed by atoms with Crippen LogP contribution in [0.5, 0.6) is 0 Å². The van der Waals surface area contributed by atoms with E-state index in [1.807, 2.05) is 0 Å². The van der Waals surface area contributed by atoms with Crippen LogP contribution in [0.3, 0.4) is 0 Å². The minimum absolute atomic E-state index is 0.578. The van der Waals surface area contributed by atoms with Crippen LogP contribution in [0.2, 0.25) is 0 Å². The van der Waals surface area contributed by atoms with Crippen LogP contribution >= 0.6 is 0 Å². The molecule has 2 saturated carbocycles.